The number of halogens is 1. The van der Waals surface area contributed by atoms with Crippen LogP contribution in [0.4, 0.5) is 5.69 Å². The Morgan fingerprint density at radius 1 is 1.47 bits per heavy atom. The molecule has 0 aliphatic carbocycles. The molecule has 0 aromatic heterocycles. The number of amides is 1. The van der Waals surface area contributed by atoms with Crippen molar-refractivity contribution in [3.63, 3.8) is 0 Å². The van der Waals surface area contributed by atoms with Crippen LogP contribution in [0.3, 0.4) is 0 Å². The average Bonchev–Trinajstić information content (AvgIpc) is 2.26. The maximum absolute atomic E-state index is 12.2. The van der Waals surface area contributed by atoms with Crippen LogP contribution in [0.25, 0.3) is 0 Å². The van der Waals surface area contributed by atoms with Crippen molar-refractivity contribution < 1.29 is 9.00 Å². The van der Waals surface area contributed by atoms with Crippen LogP contribution in [-0.2, 0) is 15.6 Å². The molecule has 2 unspecified atom stereocenters. The van der Waals surface area contributed by atoms with Gasteiger partial charge in [-0.2, -0.15) is 0 Å². The number of benzene rings is 1. The van der Waals surface area contributed by atoms with Crippen molar-refractivity contribution in [3.05, 3.63) is 23.2 Å². The lowest BCUT2D eigenvalue weighted by molar-refractivity contribution is -0.127. The normalized spacial score (nSPS) is 14.1. The summed E-state index contributed by atoms with van der Waals surface area (Å²) in [5.74, 6) is -0.198. The largest absolute Gasteiger partial charge is 0.399 e. The molecule has 0 spiro atoms. The molecular formula is C11H15ClN2O2S. The van der Waals surface area contributed by atoms with E-state index in [2.05, 4.69) is 0 Å². The van der Waals surface area contributed by atoms with Gasteiger partial charge in [0.2, 0.25) is 5.91 Å². The van der Waals surface area contributed by atoms with E-state index in [1.807, 2.05) is 0 Å². The number of hydrogen-bond acceptors (Lipinski definition) is 3. The number of carbonyl (C=O) groups is 1. The highest BCUT2D eigenvalue weighted by Gasteiger charge is 2.24. The Bertz CT molecular complexity index is 463. The Morgan fingerprint density at radius 2 is 2.06 bits per heavy atom. The second kappa shape index (κ2) is 5.51. The number of nitrogens with zero attached hydrogens (tertiary/aromatic N) is 1. The van der Waals surface area contributed by atoms with Crippen molar-refractivity contribution >= 4 is 34.0 Å². The van der Waals surface area contributed by atoms with Crippen molar-refractivity contribution in [2.24, 2.45) is 0 Å². The van der Waals surface area contributed by atoms with Gasteiger partial charge < -0.3 is 10.6 Å². The van der Waals surface area contributed by atoms with E-state index in [-0.39, 0.29) is 5.91 Å². The molecule has 0 aliphatic heterocycles. The smallest absolute Gasteiger partial charge is 0.237 e. The number of hydrogen-bond donors (Lipinski definition) is 1. The highest BCUT2D eigenvalue weighted by Crippen LogP contribution is 2.24. The number of carbonyl (C=O) groups excluding carboxylic acids is 1. The Labute approximate surface area is 108 Å². The van der Waals surface area contributed by atoms with Gasteiger partial charge in [-0.05, 0) is 25.1 Å². The van der Waals surface area contributed by atoms with Crippen molar-refractivity contribution in [1.82, 2.24) is 4.90 Å². The van der Waals surface area contributed by atoms with E-state index in [1.54, 1.807) is 33.2 Å². The van der Waals surface area contributed by atoms with Crippen molar-refractivity contribution in [2.75, 3.05) is 19.8 Å². The van der Waals surface area contributed by atoms with Crippen LogP contribution >= 0.6 is 11.6 Å². The molecule has 17 heavy (non-hydrogen) atoms. The lowest BCUT2D eigenvalue weighted by atomic mass is 10.3. The molecule has 0 saturated heterocycles. The minimum atomic E-state index is -1.48. The summed E-state index contributed by atoms with van der Waals surface area (Å²) in [7, 11) is 1.77. The van der Waals surface area contributed by atoms with Crippen LogP contribution in [0.1, 0.15) is 6.92 Å². The van der Waals surface area contributed by atoms with Gasteiger partial charge in [0.1, 0.15) is 5.25 Å². The summed E-state index contributed by atoms with van der Waals surface area (Å²) in [5.41, 5.74) is 6.06. The molecule has 0 fully saturated rings. The molecule has 0 saturated carbocycles. The fourth-order valence-electron chi connectivity index (χ4n) is 1.33. The van der Waals surface area contributed by atoms with Gasteiger partial charge in [0, 0.05) is 19.8 Å². The minimum Gasteiger partial charge on any atom is -0.399 e. The molecular weight excluding hydrogens is 260 g/mol. The summed E-state index contributed by atoms with van der Waals surface area (Å²) in [6, 6.07) is 4.74. The van der Waals surface area contributed by atoms with E-state index in [9.17, 15) is 9.00 Å². The molecule has 0 aliphatic rings. The maximum atomic E-state index is 12.2. The molecule has 6 heteroatoms. The zero-order valence-corrected chi connectivity index (χ0v) is 11.5. The van der Waals surface area contributed by atoms with Gasteiger partial charge in [0.15, 0.2) is 0 Å². The molecule has 94 valence electrons. The monoisotopic (exact) mass is 274 g/mol. The Morgan fingerprint density at radius 3 is 2.53 bits per heavy atom. The first-order valence-electron chi connectivity index (χ1n) is 5.01. The fraction of sp³-hybridized carbons (Fsp3) is 0.364. The van der Waals surface area contributed by atoms with Crippen molar-refractivity contribution in [2.45, 2.75) is 17.1 Å². The van der Waals surface area contributed by atoms with Gasteiger partial charge in [-0.1, -0.05) is 11.6 Å². The molecule has 4 nitrogen and oxygen atoms in total. The summed E-state index contributed by atoms with van der Waals surface area (Å²) in [6.07, 6.45) is 0. The Balaban J connectivity index is 3.01. The van der Waals surface area contributed by atoms with Crippen LogP contribution in [0, 0.1) is 0 Å². The average molecular weight is 275 g/mol. The first-order valence-corrected chi connectivity index (χ1v) is 6.60. The minimum absolute atomic E-state index is 0.198. The number of anilines is 1. The van der Waals surface area contributed by atoms with Crippen molar-refractivity contribution in [3.8, 4) is 0 Å². The van der Waals surface area contributed by atoms with Gasteiger partial charge in [-0.25, -0.2) is 0 Å². The van der Waals surface area contributed by atoms with E-state index >= 15 is 0 Å². The summed E-state index contributed by atoms with van der Waals surface area (Å²) >= 11 is 5.95. The third-order valence-corrected chi connectivity index (χ3v) is 4.34. The standard InChI is InChI=1S/C11H15ClN2O2S/c1-7(11(15)14(2)3)17(16)10-5-4-8(13)6-9(10)12/h4-7H,13H2,1-3H3. The first kappa shape index (κ1) is 14.0. The van der Waals surface area contributed by atoms with Gasteiger partial charge >= 0.3 is 0 Å². The van der Waals surface area contributed by atoms with Crippen molar-refractivity contribution in [1.29, 1.82) is 0 Å². The molecule has 0 radical (unpaired) electrons. The molecule has 0 bridgehead atoms. The van der Waals surface area contributed by atoms with Crippen LogP contribution in [0.2, 0.25) is 5.02 Å². The zero-order valence-electron chi connectivity index (χ0n) is 9.94. The third-order valence-electron chi connectivity index (χ3n) is 2.28. The molecule has 2 N–H and O–H groups in total. The number of rotatable bonds is 3. The summed E-state index contributed by atoms with van der Waals surface area (Å²) in [6.45, 7) is 1.62. The fourth-order valence-corrected chi connectivity index (χ4v) is 2.97. The Kier molecular flexibility index (Phi) is 4.54. The second-order valence-electron chi connectivity index (χ2n) is 3.86. The first-order chi connectivity index (χ1) is 7.84. The van der Waals surface area contributed by atoms with Gasteiger partial charge in [-0.15, -0.1) is 0 Å². The lowest BCUT2D eigenvalue weighted by Crippen LogP contribution is -2.34. The molecule has 1 aromatic rings. The summed E-state index contributed by atoms with van der Waals surface area (Å²) in [4.78, 5) is 13.5. The highest BCUT2D eigenvalue weighted by atomic mass is 35.5. The lowest BCUT2D eigenvalue weighted by Gasteiger charge is -2.17. The SMILES string of the molecule is CC(C(=O)N(C)C)S(=O)c1ccc(N)cc1Cl. The van der Waals surface area contributed by atoms with Gasteiger partial charge in [-0.3, -0.25) is 9.00 Å². The molecule has 2 atom stereocenters. The van der Waals surface area contributed by atoms with Crippen LogP contribution in [0.5, 0.6) is 0 Å². The van der Waals surface area contributed by atoms with Gasteiger partial charge in [0.05, 0.1) is 20.7 Å². The zero-order chi connectivity index (χ0) is 13.2. The Hall–Kier alpha value is -1.07. The van der Waals surface area contributed by atoms with E-state index in [4.69, 9.17) is 17.3 Å². The predicted molar refractivity (Wildman–Crippen MR) is 70.4 cm³/mol. The summed E-state index contributed by atoms with van der Waals surface area (Å²) in [5, 5.41) is -0.312. The van der Waals surface area contributed by atoms with E-state index in [0.29, 0.717) is 15.6 Å². The number of nitrogens with two attached hydrogens (primary N) is 1. The van der Waals surface area contributed by atoms with Crippen LogP contribution in [0.15, 0.2) is 23.1 Å². The maximum Gasteiger partial charge on any atom is 0.237 e. The molecule has 1 amide bonds. The topological polar surface area (TPSA) is 63.4 Å². The summed E-state index contributed by atoms with van der Waals surface area (Å²) < 4.78 is 12.2. The van der Waals surface area contributed by atoms with E-state index in [0.717, 1.165) is 0 Å². The number of nitrogen functional groups attached to an aromatic ring is 1. The van der Waals surface area contributed by atoms with Crippen LogP contribution < -0.4 is 5.73 Å². The quantitative estimate of drug-likeness (QED) is 0.850. The van der Waals surface area contributed by atoms with Crippen LogP contribution in [-0.4, -0.2) is 34.4 Å². The molecule has 1 aromatic carbocycles. The predicted octanol–water partition coefficient (Wildman–Crippen LogP) is 1.51. The molecule has 1 rings (SSSR count). The molecule has 0 heterocycles. The highest BCUT2D eigenvalue weighted by molar-refractivity contribution is 7.86. The van der Waals surface area contributed by atoms with E-state index < -0.39 is 16.0 Å². The third kappa shape index (κ3) is 3.20. The van der Waals surface area contributed by atoms with Gasteiger partial charge in [0.25, 0.3) is 0 Å². The second-order valence-corrected chi connectivity index (χ2v) is 6.01. The van der Waals surface area contributed by atoms with E-state index in [1.165, 1.54) is 11.0 Å².